The molecule has 8 heteroatoms. The molecule has 3 aromatic rings. The van der Waals surface area contributed by atoms with Crippen LogP contribution < -0.4 is 9.62 Å². The number of anilines is 1. The summed E-state index contributed by atoms with van der Waals surface area (Å²) in [5.41, 5.74) is 4.08. The quantitative estimate of drug-likeness (QED) is 0.344. The van der Waals surface area contributed by atoms with Gasteiger partial charge in [-0.1, -0.05) is 79.6 Å². The van der Waals surface area contributed by atoms with E-state index in [0.29, 0.717) is 18.7 Å². The lowest BCUT2D eigenvalue weighted by Gasteiger charge is -2.32. The summed E-state index contributed by atoms with van der Waals surface area (Å²) in [6.07, 6.45) is 1.35. The van der Waals surface area contributed by atoms with Gasteiger partial charge in [0.05, 0.1) is 10.6 Å². The number of carbonyl (C=O) groups excluding carboxylic acids is 2. The number of benzene rings is 3. The second-order valence-corrected chi connectivity index (χ2v) is 11.6. The van der Waals surface area contributed by atoms with Crippen molar-refractivity contribution in [3.8, 4) is 0 Å². The van der Waals surface area contributed by atoms with Crippen LogP contribution in [0.2, 0.25) is 0 Å². The zero-order chi connectivity index (χ0) is 28.6. The highest BCUT2D eigenvalue weighted by molar-refractivity contribution is 7.92. The van der Waals surface area contributed by atoms with Crippen molar-refractivity contribution >= 4 is 27.5 Å². The molecule has 3 aromatic carbocycles. The van der Waals surface area contributed by atoms with E-state index in [1.54, 1.807) is 43.3 Å². The number of hydrogen-bond acceptors (Lipinski definition) is 4. The smallest absolute Gasteiger partial charge is 0.264 e. The average Bonchev–Trinajstić information content (AvgIpc) is 2.93. The maximum absolute atomic E-state index is 14.0. The Kier molecular flexibility index (Phi) is 10.3. The van der Waals surface area contributed by atoms with E-state index in [1.165, 1.54) is 9.21 Å². The molecule has 2 amide bonds. The molecule has 39 heavy (non-hydrogen) atoms. The fourth-order valence-corrected chi connectivity index (χ4v) is 5.84. The predicted molar refractivity (Wildman–Crippen MR) is 156 cm³/mol. The van der Waals surface area contributed by atoms with Gasteiger partial charge in [-0.2, -0.15) is 0 Å². The maximum atomic E-state index is 14.0. The molecule has 0 aromatic heterocycles. The van der Waals surface area contributed by atoms with Crippen LogP contribution in [0.25, 0.3) is 0 Å². The van der Waals surface area contributed by atoms with Gasteiger partial charge in [-0.05, 0) is 62.9 Å². The Morgan fingerprint density at radius 2 is 1.59 bits per heavy atom. The van der Waals surface area contributed by atoms with Crippen LogP contribution in [0.3, 0.4) is 0 Å². The van der Waals surface area contributed by atoms with Gasteiger partial charge >= 0.3 is 0 Å². The first-order valence-electron chi connectivity index (χ1n) is 13.4. The van der Waals surface area contributed by atoms with Gasteiger partial charge in [0, 0.05) is 13.1 Å². The second kappa shape index (κ2) is 13.4. The Morgan fingerprint density at radius 1 is 0.897 bits per heavy atom. The third-order valence-electron chi connectivity index (χ3n) is 6.68. The third kappa shape index (κ3) is 7.47. The van der Waals surface area contributed by atoms with Crippen LogP contribution in [0.15, 0.2) is 77.7 Å². The van der Waals surface area contributed by atoms with Crippen LogP contribution in [0.4, 0.5) is 5.69 Å². The van der Waals surface area contributed by atoms with Crippen LogP contribution in [0.1, 0.15) is 49.4 Å². The lowest BCUT2D eigenvalue weighted by Crippen LogP contribution is -2.51. The van der Waals surface area contributed by atoms with Crippen molar-refractivity contribution in [3.63, 3.8) is 0 Å². The van der Waals surface area contributed by atoms with Crippen LogP contribution in [-0.2, 0) is 32.6 Å². The minimum absolute atomic E-state index is 0.103. The van der Waals surface area contributed by atoms with E-state index in [2.05, 4.69) is 5.32 Å². The highest BCUT2D eigenvalue weighted by Crippen LogP contribution is 2.28. The first kappa shape index (κ1) is 29.9. The van der Waals surface area contributed by atoms with Crippen molar-refractivity contribution in [3.05, 3.63) is 95.1 Å². The summed E-state index contributed by atoms with van der Waals surface area (Å²) in [5, 5.41) is 2.86. The van der Waals surface area contributed by atoms with Crippen LogP contribution >= 0.6 is 0 Å². The Labute approximate surface area is 232 Å². The summed E-state index contributed by atoms with van der Waals surface area (Å²) in [4.78, 5) is 28.5. The normalized spacial score (nSPS) is 12.0. The van der Waals surface area contributed by atoms with Gasteiger partial charge in [0.15, 0.2) is 0 Å². The minimum atomic E-state index is -4.09. The molecule has 0 aliphatic carbocycles. The molecule has 0 bridgehead atoms. The molecule has 1 unspecified atom stereocenters. The molecule has 0 saturated carbocycles. The van der Waals surface area contributed by atoms with Gasteiger partial charge in [-0.15, -0.1) is 0 Å². The Hall–Kier alpha value is -3.65. The number of para-hydroxylation sites is 1. The van der Waals surface area contributed by atoms with Gasteiger partial charge in [-0.25, -0.2) is 8.42 Å². The summed E-state index contributed by atoms with van der Waals surface area (Å²) in [6.45, 7) is 9.66. The van der Waals surface area contributed by atoms with Crippen molar-refractivity contribution in [2.75, 3.05) is 17.4 Å². The topological polar surface area (TPSA) is 86.8 Å². The molecule has 0 aliphatic rings. The maximum Gasteiger partial charge on any atom is 0.264 e. The molecule has 0 fully saturated rings. The fourth-order valence-electron chi connectivity index (χ4n) is 4.39. The van der Waals surface area contributed by atoms with E-state index in [9.17, 15) is 18.0 Å². The number of carbonyl (C=O) groups is 2. The number of amides is 2. The van der Waals surface area contributed by atoms with Gasteiger partial charge in [0.2, 0.25) is 11.8 Å². The molecule has 1 N–H and O–H groups in total. The molecule has 3 rings (SSSR count). The lowest BCUT2D eigenvalue weighted by molar-refractivity contribution is -0.139. The standard InChI is InChI=1S/C31H39N3O4S/c1-6-19-32-31(36)25(5)33(21-26-12-10-11-24(4)20-26)30(35)22-34(29-14-9-8-13-27(29)7-2)39(37,38)28-17-15-23(3)16-18-28/h8-18,20,25H,6-7,19,21-22H2,1-5H3,(H,32,36). The van der Waals surface area contributed by atoms with E-state index in [-0.39, 0.29) is 17.3 Å². The number of rotatable bonds is 12. The monoisotopic (exact) mass is 549 g/mol. The fraction of sp³-hybridized carbons (Fsp3) is 0.355. The number of aryl methyl sites for hydroxylation is 3. The first-order valence-corrected chi connectivity index (χ1v) is 14.8. The van der Waals surface area contributed by atoms with Gasteiger partial charge < -0.3 is 10.2 Å². The molecule has 7 nitrogen and oxygen atoms in total. The predicted octanol–water partition coefficient (Wildman–Crippen LogP) is 5.00. The summed E-state index contributed by atoms with van der Waals surface area (Å²) in [7, 11) is -4.09. The summed E-state index contributed by atoms with van der Waals surface area (Å²) >= 11 is 0. The van der Waals surface area contributed by atoms with Gasteiger partial charge in [0.25, 0.3) is 10.0 Å². The number of nitrogens with zero attached hydrogens (tertiary/aromatic N) is 2. The Morgan fingerprint density at radius 3 is 2.23 bits per heavy atom. The largest absolute Gasteiger partial charge is 0.354 e. The van der Waals surface area contributed by atoms with Gasteiger partial charge in [-0.3, -0.25) is 13.9 Å². The highest BCUT2D eigenvalue weighted by Gasteiger charge is 2.33. The van der Waals surface area contributed by atoms with E-state index < -0.39 is 28.5 Å². The molecular weight excluding hydrogens is 510 g/mol. The van der Waals surface area contributed by atoms with E-state index >= 15 is 0 Å². The van der Waals surface area contributed by atoms with Crippen LogP contribution in [0, 0.1) is 13.8 Å². The number of hydrogen-bond donors (Lipinski definition) is 1. The highest BCUT2D eigenvalue weighted by atomic mass is 32.2. The third-order valence-corrected chi connectivity index (χ3v) is 8.45. The first-order chi connectivity index (χ1) is 18.6. The van der Waals surface area contributed by atoms with Crippen molar-refractivity contribution < 1.29 is 18.0 Å². The molecule has 208 valence electrons. The number of nitrogens with one attached hydrogen (secondary N) is 1. The second-order valence-electron chi connectivity index (χ2n) is 9.78. The lowest BCUT2D eigenvalue weighted by atomic mass is 10.1. The molecule has 0 saturated heterocycles. The summed E-state index contributed by atoms with van der Waals surface area (Å²) in [5.74, 6) is -0.739. The van der Waals surface area contributed by atoms with Crippen molar-refractivity contribution in [2.24, 2.45) is 0 Å². The van der Waals surface area contributed by atoms with Crippen molar-refractivity contribution in [1.82, 2.24) is 10.2 Å². The Bertz CT molecular complexity index is 1390. The van der Waals surface area contributed by atoms with E-state index in [1.807, 2.05) is 64.1 Å². The SMILES string of the molecule is CCCNC(=O)C(C)N(Cc1cccc(C)c1)C(=O)CN(c1ccccc1CC)S(=O)(=O)c1ccc(C)cc1. The molecule has 0 aliphatic heterocycles. The summed E-state index contributed by atoms with van der Waals surface area (Å²) in [6, 6.07) is 20.7. The molecule has 0 heterocycles. The van der Waals surface area contributed by atoms with Crippen molar-refractivity contribution in [2.45, 2.75) is 64.9 Å². The van der Waals surface area contributed by atoms with Crippen molar-refractivity contribution in [1.29, 1.82) is 0 Å². The van der Waals surface area contributed by atoms with Crippen LogP contribution in [0.5, 0.6) is 0 Å². The molecule has 0 radical (unpaired) electrons. The zero-order valence-electron chi connectivity index (χ0n) is 23.5. The number of sulfonamides is 1. The van der Waals surface area contributed by atoms with Gasteiger partial charge in [0.1, 0.15) is 12.6 Å². The molecule has 1 atom stereocenters. The van der Waals surface area contributed by atoms with Crippen LogP contribution in [-0.4, -0.2) is 44.3 Å². The summed E-state index contributed by atoms with van der Waals surface area (Å²) < 4.78 is 29.2. The Balaban J connectivity index is 2.06. The molecular formula is C31H39N3O4S. The zero-order valence-corrected chi connectivity index (χ0v) is 24.3. The van der Waals surface area contributed by atoms with E-state index in [4.69, 9.17) is 0 Å². The minimum Gasteiger partial charge on any atom is -0.354 e. The van der Waals surface area contributed by atoms with E-state index in [0.717, 1.165) is 28.7 Å². The molecule has 0 spiro atoms. The average molecular weight is 550 g/mol.